The standard InChI is InChI=1S/C14H16F3NO3/c1-8(9-2-4-10(15)5-3-9)6-13(19)18-11(14(20)21)7-12(16)17/h2-5,8,11-12H,6-7H2,1H3,(H,18,19)(H,20,21). The number of carbonyl (C=O) groups is 2. The predicted molar refractivity (Wildman–Crippen MR) is 69.6 cm³/mol. The lowest BCUT2D eigenvalue weighted by Crippen LogP contribution is -2.42. The minimum atomic E-state index is -2.82. The summed E-state index contributed by atoms with van der Waals surface area (Å²) in [5, 5.41) is 10.8. The van der Waals surface area contributed by atoms with Crippen molar-refractivity contribution in [3.05, 3.63) is 35.6 Å². The average molecular weight is 303 g/mol. The SMILES string of the molecule is CC(CC(=O)NC(CC(F)F)C(=O)O)c1ccc(F)cc1. The average Bonchev–Trinajstić information content (AvgIpc) is 2.37. The van der Waals surface area contributed by atoms with Crippen LogP contribution < -0.4 is 5.32 Å². The fraction of sp³-hybridized carbons (Fsp3) is 0.429. The highest BCUT2D eigenvalue weighted by atomic mass is 19.3. The van der Waals surface area contributed by atoms with E-state index in [1.54, 1.807) is 6.92 Å². The summed E-state index contributed by atoms with van der Waals surface area (Å²) in [4.78, 5) is 22.5. The van der Waals surface area contributed by atoms with E-state index in [1.165, 1.54) is 24.3 Å². The predicted octanol–water partition coefficient (Wildman–Crippen LogP) is 2.54. The first-order chi connectivity index (χ1) is 9.79. The largest absolute Gasteiger partial charge is 0.480 e. The zero-order valence-corrected chi connectivity index (χ0v) is 11.4. The molecule has 0 radical (unpaired) electrons. The smallest absolute Gasteiger partial charge is 0.326 e. The molecule has 2 N–H and O–H groups in total. The van der Waals surface area contributed by atoms with E-state index < -0.39 is 36.6 Å². The number of amides is 1. The molecule has 0 saturated carbocycles. The zero-order chi connectivity index (χ0) is 16.0. The highest BCUT2D eigenvalue weighted by Crippen LogP contribution is 2.19. The van der Waals surface area contributed by atoms with Crippen LogP contribution in [-0.4, -0.2) is 29.5 Å². The molecule has 1 aromatic rings. The molecule has 1 rings (SSSR count). The van der Waals surface area contributed by atoms with Crippen LogP contribution in [0.2, 0.25) is 0 Å². The van der Waals surface area contributed by atoms with Gasteiger partial charge >= 0.3 is 5.97 Å². The maximum atomic E-state index is 12.8. The molecule has 0 aliphatic heterocycles. The van der Waals surface area contributed by atoms with Gasteiger partial charge in [-0.1, -0.05) is 19.1 Å². The highest BCUT2D eigenvalue weighted by molar-refractivity contribution is 5.83. The maximum absolute atomic E-state index is 12.8. The second-order valence-corrected chi connectivity index (χ2v) is 4.74. The molecule has 0 heterocycles. The quantitative estimate of drug-likeness (QED) is 0.813. The summed E-state index contributed by atoms with van der Waals surface area (Å²) in [6.45, 7) is 1.70. The molecule has 7 heteroatoms. The van der Waals surface area contributed by atoms with Gasteiger partial charge in [-0.3, -0.25) is 4.79 Å². The van der Waals surface area contributed by atoms with Crippen LogP contribution in [0.25, 0.3) is 0 Å². The van der Waals surface area contributed by atoms with E-state index in [4.69, 9.17) is 5.11 Å². The first-order valence-electron chi connectivity index (χ1n) is 6.35. The Morgan fingerprint density at radius 1 is 1.24 bits per heavy atom. The number of hydrogen-bond acceptors (Lipinski definition) is 2. The molecule has 1 aromatic carbocycles. The van der Waals surface area contributed by atoms with E-state index >= 15 is 0 Å². The van der Waals surface area contributed by atoms with Crippen LogP contribution in [0.3, 0.4) is 0 Å². The van der Waals surface area contributed by atoms with Crippen LogP contribution in [0.5, 0.6) is 0 Å². The number of aliphatic carboxylic acids is 1. The Labute approximate surface area is 120 Å². The monoisotopic (exact) mass is 303 g/mol. The topological polar surface area (TPSA) is 66.4 Å². The van der Waals surface area contributed by atoms with Gasteiger partial charge in [-0.15, -0.1) is 0 Å². The highest BCUT2D eigenvalue weighted by Gasteiger charge is 2.24. The van der Waals surface area contributed by atoms with Crippen molar-refractivity contribution in [2.24, 2.45) is 0 Å². The summed E-state index contributed by atoms with van der Waals surface area (Å²) in [7, 11) is 0. The number of carboxylic acids is 1. The lowest BCUT2D eigenvalue weighted by Gasteiger charge is -2.16. The minimum absolute atomic E-state index is 0.0708. The molecular formula is C14H16F3NO3. The van der Waals surface area contributed by atoms with Crippen LogP contribution in [-0.2, 0) is 9.59 Å². The summed E-state index contributed by atoms with van der Waals surface area (Å²) in [5.41, 5.74) is 0.701. The molecule has 2 unspecified atom stereocenters. The van der Waals surface area contributed by atoms with Crippen molar-refractivity contribution in [1.82, 2.24) is 5.32 Å². The van der Waals surface area contributed by atoms with Crippen molar-refractivity contribution < 1.29 is 27.9 Å². The van der Waals surface area contributed by atoms with E-state index in [0.29, 0.717) is 5.56 Å². The van der Waals surface area contributed by atoms with Crippen molar-refractivity contribution in [2.75, 3.05) is 0 Å². The molecule has 0 spiro atoms. The van der Waals surface area contributed by atoms with E-state index in [0.717, 1.165) is 0 Å². The third-order valence-electron chi connectivity index (χ3n) is 2.98. The van der Waals surface area contributed by atoms with Crippen LogP contribution in [0, 0.1) is 5.82 Å². The van der Waals surface area contributed by atoms with Crippen LogP contribution in [0.15, 0.2) is 24.3 Å². The lowest BCUT2D eigenvalue weighted by molar-refractivity contribution is -0.143. The maximum Gasteiger partial charge on any atom is 0.326 e. The molecule has 1 amide bonds. The molecule has 116 valence electrons. The second-order valence-electron chi connectivity index (χ2n) is 4.74. The molecule has 0 aliphatic rings. The Balaban J connectivity index is 2.59. The molecule has 0 aliphatic carbocycles. The fourth-order valence-electron chi connectivity index (χ4n) is 1.84. The second kappa shape index (κ2) is 7.66. The van der Waals surface area contributed by atoms with Gasteiger partial charge < -0.3 is 10.4 Å². The molecule has 0 saturated heterocycles. The van der Waals surface area contributed by atoms with Gasteiger partial charge in [-0.2, -0.15) is 0 Å². The third kappa shape index (κ3) is 5.85. The van der Waals surface area contributed by atoms with Gasteiger partial charge in [0.2, 0.25) is 12.3 Å². The van der Waals surface area contributed by atoms with Crippen molar-refractivity contribution in [3.8, 4) is 0 Å². The molecular weight excluding hydrogens is 287 g/mol. The molecule has 2 atom stereocenters. The Kier molecular flexibility index (Phi) is 6.20. The van der Waals surface area contributed by atoms with Gasteiger partial charge in [0, 0.05) is 12.8 Å². The minimum Gasteiger partial charge on any atom is -0.480 e. The van der Waals surface area contributed by atoms with Gasteiger partial charge in [0.15, 0.2) is 0 Å². The first kappa shape index (κ1) is 17.0. The van der Waals surface area contributed by atoms with Crippen LogP contribution in [0.4, 0.5) is 13.2 Å². The number of carbonyl (C=O) groups excluding carboxylic acids is 1. The number of nitrogens with one attached hydrogen (secondary N) is 1. The number of rotatable bonds is 7. The van der Waals surface area contributed by atoms with Crippen LogP contribution >= 0.6 is 0 Å². The number of alkyl halides is 2. The normalized spacial score (nSPS) is 13.8. The Hall–Kier alpha value is -2.05. The molecule has 0 fully saturated rings. The Morgan fingerprint density at radius 3 is 2.29 bits per heavy atom. The van der Waals surface area contributed by atoms with Crippen molar-refractivity contribution in [2.45, 2.75) is 38.2 Å². The van der Waals surface area contributed by atoms with Gasteiger partial charge in [-0.05, 0) is 23.6 Å². The van der Waals surface area contributed by atoms with Crippen molar-refractivity contribution in [3.63, 3.8) is 0 Å². The Bertz CT molecular complexity index is 491. The first-order valence-corrected chi connectivity index (χ1v) is 6.35. The zero-order valence-electron chi connectivity index (χ0n) is 11.4. The summed E-state index contributed by atoms with van der Waals surface area (Å²) in [6, 6.07) is 3.92. The van der Waals surface area contributed by atoms with Gasteiger partial charge in [-0.25, -0.2) is 18.0 Å². The summed E-state index contributed by atoms with van der Waals surface area (Å²) in [6.07, 6.45) is -3.83. The van der Waals surface area contributed by atoms with Gasteiger partial charge in [0.25, 0.3) is 0 Å². The summed E-state index contributed by atoms with van der Waals surface area (Å²) < 4.78 is 37.2. The van der Waals surface area contributed by atoms with Gasteiger partial charge in [0.1, 0.15) is 11.9 Å². The number of carboxylic acid groups (broad SMARTS) is 1. The van der Waals surface area contributed by atoms with Gasteiger partial charge in [0.05, 0.1) is 0 Å². The summed E-state index contributed by atoms with van der Waals surface area (Å²) >= 11 is 0. The van der Waals surface area contributed by atoms with E-state index in [-0.39, 0.29) is 12.3 Å². The lowest BCUT2D eigenvalue weighted by atomic mass is 9.97. The molecule has 21 heavy (non-hydrogen) atoms. The number of halogens is 3. The molecule has 4 nitrogen and oxygen atoms in total. The summed E-state index contributed by atoms with van der Waals surface area (Å²) in [5.74, 6) is -2.83. The van der Waals surface area contributed by atoms with Crippen molar-refractivity contribution in [1.29, 1.82) is 0 Å². The third-order valence-corrected chi connectivity index (χ3v) is 2.98. The fourth-order valence-corrected chi connectivity index (χ4v) is 1.84. The Morgan fingerprint density at radius 2 is 1.81 bits per heavy atom. The van der Waals surface area contributed by atoms with Crippen LogP contribution in [0.1, 0.15) is 31.2 Å². The molecule has 0 bridgehead atoms. The number of hydrogen-bond donors (Lipinski definition) is 2. The van der Waals surface area contributed by atoms with E-state index in [9.17, 15) is 22.8 Å². The number of benzene rings is 1. The molecule has 0 aromatic heterocycles. The van der Waals surface area contributed by atoms with E-state index in [2.05, 4.69) is 5.32 Å². The van der Waals surface area contributed by atoms with E-state index in [1.807, 2.05) is 0 Å². The van der Waals surface area contributed by atoms with Crippen molar-refractivity contribution >= 4 is 11.9 Å².